The summed E-state index contributed by atoms with van der Waals surface area (Å²) < 4.78 is 2.07. The summed E-state index contributed by atoms with van der Waals surface area (Å²) >= 11 is 0. The van der Waals surface area contributed by atoms with Crippen LogP contribution in [0.25, 0.3) is 22.2 Å². The first-order chi connectivity index (χ1) is 16.0. The Hall–Kier alpha value is -3.39. The van der Waals surface area contributed by atoms with Crippen LogP contribution in [-0.4, -0.2) is 55.0 Å². The molecule has 5 rings (SSSR count). The Morgan fingerprint density at radius 3 is 2.67 bits per heavy atom. The molecule has 0 atom stereocenters. The van der Waals surface area contributed by atoms with E-state index >= 15 is 0 Å². The number of nitrogens with one attached hydrogen (secondary N) is 1. The van der Waals surface area contributed by atoms with E-state index in [4.69, 9.17) is 4.98 Å². The second-order valence-electron chi connectivity index (χ2n) is 9.31. The van der Waals surface area contributed by atoms with E-state index in [9.17, 15) is 0 Å². The molecule has 0 aromatic carbocycles. The smallest absolute Gasteiger partial charge is 0.154 e. The zero-order valence-electron chi connectivity index (χ0n) is 19.4. The van der Waals surface area contributed by atoms with Gasteiger partial charge in [-0.25, -0.2) is 4.98 Å². The molecule has 8 nitrogen and oxygen atoms in total. The summed E-state index contributed by atoms with van der Waals surface area (Å²) in [6.07, 6.45) is 10.2. The molecule has 8 heteroatoms. The Bertz CT molecular complexity index is 1240. The minimum atomic E-state index is 0.387. The number of aromatic nitrogens is 6. The minimum Gasteiger partial charge on any atom is -0.323 e. The van der Waals surface area contributed by atoms with Gasteiger partial charge in [0.2, 0.25) is 0 Å². The van der Waals surface area contributed by atoms with Crippen LogP contribution in [0, 0.1) is 5.92 Å². The fourth-order valence-corrected chi connectivity index (χ4v) is 4.25. The number of rotatable bonds is 6. The van der Waals surface area contributed by atoms with E-state index in [0.29, 0.717) is 17.7 Å². The molecule has 1 aliphatic rings. The molecule has 0 unspecified atom stereocenters. The van der Waals surface area contributed by atoms with E-state index in [1.54, 1.807) is 6.20 Å². The number of nitrogens with zero attached hydrogens (tertiary/aromatic N) is 7. The minimum absolute atomic E-state index is 0.387. The summed E-state index contributed by atoms with van der Waals surface area (Å²) in [6.45, 7) is 7.58. The van der Waals surface area contributed by atoms with E-state index < -0.39 is 0 Å². The summed E-state index contributed by atoms with van der Waals surface area (Å²) in [4.78, 5) is 11.8. The van der Waals surface area contributed by atoms with Crippen LogP contribution in [0.1, 0.15) is 38.2 Å². The second-order valence-corrected chi connectivity index (χ2v) is 9.31. The number of likely N-dealkylation sites (tertiary alicyclic amines) is 1. The highest BCUT2D eigenvalue weighted by atomic mass is 15.3. The second kappa shape index (κ2) is 9.23. The largest absolute Gasteiger partial charge is 0.323 e. The molecule has 4 aromatic rings. The first-order valence-electron chi connectivity index (χ1n) is 11.6. The summed E-state index contributed by atoms with van der Waals surface area (Å²) in [5.41, 5.74) is 4.89. The molecular weight excluding hydrogens is 412 g/mol. The highest BCUT2D eigenvalue weighted by Crippen LogP contribution is 2.25. The third-order valence-corrected chi connectivity index (χ3v) is 6.39. The standard InChI is InChI=1S/C25H30N8/c1-17(2)19-11-25(31-27-13-19)30-24-5-4-22-23(29-24)10-20(12-26-22)21-14-28-33(16-21)15-18-6-8-32(3)9-7-18/h4-5,10-14,16-18H,6-9,15H2,1-3H3,(H,29,30,31). The van der Waals surface area contributed by atoms with Crippen molar-refractivity contribution < 1.29 is 0 Å². The van der Waals surface area contributed by atoms with Gasteiger partial charge in [0.25, 0.3) is 0 Å². The van der Waals surface area contributed by atoms with Crippen LogP contribution < -0.4 is 5.32 Å². The Kier molecular flexibility index (Phi) is 6.00. The quantitative estimate of drug-likeness (QED) is 0.471. The van der Waals surface area contributed by atoms with E-state index in [2.05, 4.69) is 68.3 Å². The zero-order valence-corrected chi connectivity index (χ0v) is 19.4. The number of hydrogen-bond donors (Lipinski definition) is 1. The molecule has 170 valence electrons. The maximum absolute atomic E-state index is 4.77. The van der Waals surface area contributed by atoms with Crippen molar-refractivity contribution in [3.05, 3.63) is 54.6 Å². The summed E-state index contributed by atoms with van der Waals surface area (Å²) in [7, 11) is 2.19. The Balaban J connectivity index is 1.34. The number of anilines is 2. The molecule has 0 saturated carbocycles. The van der Waals surface area contributed by atoms with Gasteiger partial charge < -0.3 is 10.2 Å². The van der Waals surface area contributed by atoms with Crippen molar-refractivity contribution in [3.63, 3.8) is 0 Å². The van der Waals surface area contributed by atoms with Gasteiger partial charge >= 0.3 is 0 Å². The summed E-state index contributed by atoms with van der Waals surface area (Å²) in [6, 6.07) is 7.97. The average molecular weight is 443 g/mol. The van der Waals surface area contributed by atoms with Crippen LogP contribution >= 0.6 is 0 Å². The molecule has 0 amide bonds. The Morgan fingerprint density at radius 2 is 1.85 bits per heavy atom. The van der Waals surface area contributed by atoms with E-state index in [1.807, 2.05) is 30.6 Å². The lowest BCUT2D eigenvalue weighted by molar-refractivity contribution is 0.201. The average Bonchev–Trinajstić information content (AvgIpc) is 3.29. The van der Waals surface area contributed by atoms with E-state index in [-0.39, 0.29) is 0 Å². The van der Waals surface area contributed by atoms with Crippen LogP contribution in [0.3, 0.4) is 0 Å². The molecule has 4 aromatic heterocycles. The maximum Gasteiger partial charge on any atom is 0.154 e. The van der Waals surface area contributed by atoms with Crippen LogP contribution in [0.15, 0.2) is 49.1 Å². The van der Waals surface area contributed by atoms with Gasteiger partial charge in [0.15, 0.2) is 5.82 Å². The predicted molar refractivity (Wildman–Crippen MR) is 130 cm³/mol. The third kappa shape index (κ3) is 5.01. The van der Waals surface area contributed by atoms with Gasteiger partial charge in [0.1, 0.15) is 5.82 Å². The SMILES string of the molecule is CC(C)c1cnnc(Nc2ccc3ncc(-c4cnn(CC5CCN(C)CC5)c4)cc3n2)c1. The Morgan fingerprint density at radius 1 is 1.00 bits per heavy atom. The van der Waals surface area contributed by atoms with E-state index in [0.717, 1.165) is 40.1 Å². The first kappa shape index (κ1) is 21.5. The van der Waals surface area contributed by atoms with Crippen molar-refractivity contribution in [3.8, 4) is 11.1 Å². The van der Waals surface area contributed by atoms with Crippen molar-refractivity contribution in [2.24, 2.45) is 5.92 Å². The van der Waals surface area contributed by atoms with E-state index in [1.165, 1.54) is 25.9 Å². The lowest BCUT2D eigenvalue weighted by Crippen LogP contribution is -2.31. The number of hydrogen-bond acceptors (Lipinski definition) is 7. The Labute approximate surface area is 194 Å². The van der Waals surface area contributed by atoms with Crippen molar-refractivity contribution in [2.45, 2.75) is 39.2 Å². The van der Waals surface area contributed by atoms with Gasteiger partial charge in [-0.05, 0) is 74.6 Å². The maximum atomic E-state index is 4.77. The molecule has 1 N–H and O–H groups in total. The molecule has 33 heavy (non-hydrogen) atoms. The molecule has 0 aliphatic carbocycles. The molecule has 0 radical (unpaired) electrons. The highest BCUT2D eigenvalue weighted by molar-refractivity contribution is 5.81. The van der Waals surface area contributed by atoms with Crippen molar-refractivity contribution >= 4 is 22.7 Å². The van der Waals surface area contributed by atoms with Gasteiger partial charge in [-0.15, -0.1) is 5.10 Å². The normalized spacial score (nSPS) is 15.4. The van der Waals surface area contributed by atoms with Crippen molar-refractivity contribution in [1.29, 1.82) is 0 Å². The molecule has 1 aliphatic heterocycles. The van der Waals surface area contributed by atoms with Gasteiger partial charge in [-0.3, -0.25) is 9.67 Å². The number of piperidine rings is 1. The topological polar surface area (TPSA) is 84.7 Å². The van der Waals surface area contributed by atoms with Gasteiger partial charge in [-0.1, -0.05) is 13.8 Å². The number of pyridine rings is 2. The molecule has 1 fully saturated rings. The molecule has 1 saturated heterocycles. The molecule has 0 spiro atoms. The number of fused-ring (bicyclic) bond motifs is 1. The lowest BCUT2D eigenvalue weighted by atomic mass is 9.97. The summed E-state index contributed by atoms with van der Waals surface area (Å²) in [5, 5.41) is 16.2. The molecular formula is C25H30N8. The van der Waals surface area contributed by atoms with Crippen molar-refractivity contribution in [1.82, 2.24) is 34.8 Å². The molecule has 5 heterocycles. The van der Waals surface area contributed by atoms with Crippen molar-refractivity contribution in [2.75, 3.05) is 25.5 Å². The van der Waals surface area contributed by atoms with Crippen LogP contribution in [0.5, 0.6) is 0 Å². The lowest BCUT2D eigenvalue weighted by Gasteiger charge is -2.28. The fraction of sp³-hybridized carbons (Fsp3) is 0.400. The van der Waals surface area contributed by atoms with Gasteiger partial charge in [0, 0.05) is 30.1 Å². The monoisotopic (exact) mass is 442 g/mol. The third-order valence-electron chi connectivity index (χ3n) is 6.39. The predicted octanol–water partition coefficient (Wildman–Crippen LogP) is 4.49. The highest BCUT2D eigenvalue weighted by Gasteiger charge is 2.17. The fourth-order valence-electron chi connectivity index (χ4n) is 4.25. The first-order valence-corrected chi connectivity index (χ1v) is 11.6. The zero-order chi connectivity index (χ0) is 22.8. The van der Waals surface area contributed by atoms with Crippen LogP contribution in [0.4, 0.5) is 11.6 Å². The molecule has 0 bridgehead atoms. The van der Waals surface area contributed by atoms with Gasteiger partial charge in [0.05, 0.1) is 23.4 Å². The van der Waals surface area contributed by atoms with Crippen LogP contribution in [0.2, 0.25) is 0 Å². The van der Waals surface area contributed by atoms with Gasteiger partial charge in [-0.2, -0.15) is 10.2 Å². The summed E-state index contributed by atoms with van der Waals surface area (Å²) in [5.74, 6) is 2.48. The van der Waals surface area contributed by atoms with Crippen LogP contribution in [-0.2, 0) is 6.54 Å².